The SMILES string of the molecule is CNCCCN(N)C1(C)C=C(O)ON1. The first-order valence-corrected chi connectivity index (χ1v) is 4.61. The van der Waals surface area contributed by atoms with E-state index in [9.17, 15) is 0 Å². The Morgan fingerprint density at radius 3 is 3.00 bits per heavy atom. The number of rotatable bonds is 5. The van der Waals surface area contributed by atoms with Gasteiger partial charge in [0.25, 0.3) is 5.95 Å². The highest BCUT2D eigenvalue weighted by Gasteiger charge is 2.34. The molecule has 82 valence electrons. The summed E-state index contributed by atoms with van der Waals surface area (Å²) in [6, 6.07) is 0. The minimum Gasteiger partial charge on any atom is -0.480 e. The standard InChI is InChI=1S/C8H18N4O2/c1-8(6-7(13)14-11-8)12(9)5-3-4-10-2/h6,10-11,13H,3-5,9H2,1-2H3. The summed E-state index contributed by atoms with van der Waals surface area (Å²) in [6.45, 7) is 3.44. The summed E-state index contributed by atoms with van der Waals surface area (Å²) >= 11 is 0. The van der Waals surface area contributed by atoms with Crippen molar-refractivity contribution >= 4 is 0 Å². The number of nitrogens with two attached hydrogens (primary N) is 1. The molecule has 0 radical (unpaired) electrons. The molecule has 0 fully saturated rings. The van der Waals surface area contributed by atoms with Gasteiger partial charge in [-0.2, -0.15) is 0 Å². The molecule has 0 aromatic carbocycles. The van der Waals surface area contributed by atoms with Gasteiger partial charge in [0.05, 0.1) is 0 Å². The molecule has 1 atom stereocenters. The average Bonchev–Trinajstić information content (AvgIpc) is 2.48. The lowest BCUT2D eigenvalue weighted by Gasteiger charge is -2.31. The quantitative estimate of drug-likeness (QED) is 0.271. The van der Waals surface area contributed by atoms with Gasteiger partial charge in [-0.3, -0.25) is 5.84 Å². The second-order valence-electron chi connectivity index (χ2n) is 3.48. The molecule has 0 saturated carbocycles. The third kappa shape index (κ3) is 2.58. The van der Waals surface area contributed by atoms with Crippen LogP contribution in [0.3, 0.4) is 0 Å². The fourth-order valence-corrected chi connectivity index (χ4v) is 1.25. The predicted octanol–water partition coefficient (Wildman–Crippen LogP) is -0.578. The van der Waals surface area contributed by atoms with Crippen LogP contribution in [0.2, 0.25) is 0 Å². The monoisotopic (exact) mass is 202 g/mol. The molecule has 1 aliphatic rings. The van der Waals surface area contributed by atoms with Gasteiger partial charge in [-0.25, -0.2) is 5.01 Å². The minimum atomic E-state index is -0.627. The maximum atomic E-state index is 9.07. The van der Waals surface area contributed by atoms with Crippen LogP contribution in [0.1, 0.15) is 13.3 Å². The van der Waals surface area contributed by atoms with Gasteiger partial charge in [-0.05, 0) is 26.9 Å². The second-order valence-corrected chi connectivity index (χ2v) is 3.48. The highest BCUT2D eigenvalue weighted by atomic mass is 16.7. The molecule has 0 aromatic rings. The molecule has 0 amide bonds. The number of aliphatic hydroxyl groups excluding tert-OH is 1. The van der Waals surface area contributed by atoms with E-state index in [2.05, 4.69) is 10.8 Å². The second kappa shape index (κ2) is 4.61. The molecule has 0 aromatic heterocycles. The molecule has 5 N–H and O–H groups in total. The predicted molar refractivity (Wildman–Crippen MR) is 52.8 cm³/mol. The molecule has 14 heavy (non-hydrogen) atoms. The lowest BCUT2D eigenvalue weighted by molar-refractivity contribution is -0.0308. The topological polar surface area (TPSA) is 82.8 Å². The fraction of sp³-hybridized carbons (Fsp3) is 0.750. The van der Waals surface area contributed by atoms with E-state index in [0.717, 1.165) is 13.0 Å². The van der Waals surface area contributed by atoms with Crippen molar-refractivity contribution in [3.8, 4) is 0 Å². The van der Waals surface area contributed by atoms with Gasteiger partial charge in [-0.15, -0.1) is 5.48 Å². The zero-order valence-electron chi connectivity index (χ0n) is 8.58. The molecule has 0 aliphatic carbocycles. The fourth-order valence-electron chi connectivity index (χ4n) is 1.25. The largest absolute Gasteiger partial charge is 0.480 e. The molecule has 1 heterocycles. The Hall–Kier alpha value is -0.820. The number of hydrogen-bond acceptors (Lipinski definition) is 6. The van der Waals surface area contributed by atoms with Crippen LogP contribution in [-0.4, -0.2) is 35.9 Å². The highest BCUT2D eigenvalue weighted by Crippen LogP contribution is 2.18. The number of hydroxylamine groups is 1. The van der Waals surface area contributed by atoms with Crippen LogP contribution >= 0.6 is 0 Å². The first-order chi connectivity index (χ1) is 6.58. The summed E-state index contributed by atoms with van der Waals surface area (Å²) in [5, 5.41) is 13.7. The molecule has 0 saturated heterocycles. The number of nitrogens with one attached hydrogen (secondary N) is 2. The Morgan fingerprint density at radius 1 is 1.79 bits per heavy atom. The van der Waals surface area contributed by atoms with E-state index in [4.69, 9.17) is 15.8 Å². The van der Waals surface area contributed by atoms with Crippen molar-refractivity contribution in [1.82, 2.24) is 15.8 Å². The molecule has 0 bridgehead atoms. The van der Waals surface area contributed by atoms with E-state index in [1.165, 1.54) is 6.08 Å². The molecule has 1 aliphatic heterocycles. The van der Waals surface area contributed by atoms with Crippen LogP contribution < -0.4 is 16.6 Å². The summed E-state index contributed by atoms with van der Waals surface area (Å²) in [4.78, 5) is 4.73. The van der Waals surface area contributed by atoms with Crippen molar-refractivity contribution in [3.63, 3.8) is 0 Å². The third-order valence-electron chi connectivity index (χ3n) is 2.19. The summed E-state index contributed by atoms with van der Waals surface area (Å²) in [7, 11) is 1.89. The van der Waals surface area contributed by atoms with Gasteiger partial charge in [0.15, 0.2) is 0 Å². The molecular formula is C8H18N4O2. The van der Waals surface area contributed by atoms with Gasteiger partial charge in [-0.1, -0.05) is 0 Å². The van der Waals surface area contributed by atoms with Crippen molar-refractivity contribution in [2.75, 3.05) is 20.1 Å². The zero-order chi connectivity index (χ0) is 10.6. The third-order valence-corrected chi connectivity index (χ3v) is 2.19. The van der Waals surface area contributed by atoms with E-state index < -0.39 is 5.66 Å². The van der Waals surface area contributed by atoms with E-state index in [1.54, 1.807) is 5.01 Å². The highest BCUT2D eigenvalue weighted by molar-refractivity contribution is 5.05. The maximum absolute atomic E-state index is 9.07. The van der Waals surface area contributed by atoms with Crippen molar-refractivity contribution in [3.05, 3.63) is 12.0 Å². The Kier molecular flexibility index (Phi) is 3.70. The number of aliphatic hydroxyl groups is 1. The molecule has 6 nitrogen and oxygen atoms in total. The summed E-state index contributed by atoms with van der Waals surface area (Å²) in [5.41, 5.74) is 2.02. The number of hydrogen-bond donors (Lipinski definition) is 4. The van der Waals surface area contributed by atoms with Gasteiger partial charge in [0, 0.05) is 12.6 Å². The zero-order valence-corrected chi connectivity index (χ0v) is 8.58. The number of hydrazine groups is 1. The van der Waals surface area contributed by atoms with Gasteiger partial charge >= 0.3 is 0 Å². The average molecular weight is 202 g/mol. The van der Waals surface area contributed by atoms with Gasteiger partial charge in [0.2, 0.25) is 0 Å². The van der Waals surface area contributed by atoms with Gasteiger partial charge < -0.3 is 15.3 Å². The lowest BCUT2D eigenvalue weighted by atomic mass is 10.2. The van der Waals surface area contributed by atoms with E-state index >= 15 is 0 Å². The van der Waals surface area contributed by atoms with Crippen molar-refractivity contribution in [2.45, 2.75) is 19.0 Å². The van der Waals surface area contributed by atoms with E-state index in [0.29, 0.717) is 6.54 Å². The molecular weight excluding hydrogens is 184 g/mol. The molecule has 1 unspecified atom stereocenters. The van der Waals surface area contributed by atoms with Gasteiger partial charge in [0.1, 0.15) is 5.66 Å². The van der Waals surface area contributed by atoms with E-state index in [1.807, 2.05) is 14.0 Å². The lowest BCUT2D eigenvalue weighted by Crippen LogP contribution is -2.56. The Labute approximate surface area is 83.6 Å². The van der Waals surface area contributed by atoms with Crippen LogP contribution in [-0.2, 0) is 4.84 Å². The molecule has 6 heteroatoms. The Bertz CT molecular complexity index is 221. The minimum absolute atomic E-state index is 0.142. The van der Waals surface area contributed by atoms with E-state index in [-0.39, 0.29) is 5.95 Å². The van der Waals surface area contributed by atoms with Crippen molar-refractivity contribution in [2.24, 2.45) is 5.84 Å². The molecule has 0 spiro atoms. The first-order valence-electron chi connectivity index (χ1n) is 4.61. The Balaban J connectivity index is 2.39. The van der Waals surface area contributed by atoms with Crippen molar-refractivity contribution in [1.29, 1.82) is 0 Å². The number of nitrogens with zero attached hydrogens (tertiary/aromatic N) is 1. The first kappa shape index (κ1) is 11.3. The van der Waals surface area contributed by atoms with Crippen LogP contribution in [0.25, 0.3) is 0 Å². The Morgan fingerprint density at radius 2 is 2.50 bits per heavy atom. The van der Waals surface area contributed by atoms with Crippen molar-refractivity contribution < 1.29 is 9.94 Å². The molecule has 1 rings (SSSR count). The van der Waals surface area contributed by atoms with Crippen LogP contribution in [0.4, 0.5) is 0 Å². The normalized spacial score (nSPS) is 26.4. The summed E-state index contributed by atoms with van der Waals surface area (Å²) in [5.74, 6) is 5.68. The van der Waals surface area contributed by atoms with Crippen LogP contribution in [0.15, 0.2) is 12.0 Å². The maximum Gasteiger partial charge on any atom is 0.296 e. The summed E-state index contributed by atoms with van der Waals surface area (Å²) in [6.07, 6.45) is 2.46. The van der Waals surface area contributed by atoms with Crippen LogP contribution in [0, 0.1) is 0 Å². The smallest absolute Gasteiger partial charge is 0.296 e. The van der Waals surface area contributed by atoms with Crippen LogP contribution in [0.5, 0.6) is 0 Å². The summed E-state index contributed by atoms with van der Waals surface area (Å²) < 4.78 is 0.